The standard InChI is InChI=1S/C23H27N3O5S2/c1-32(27,28)24-20-6-3-5-19(16-20)23(22-7-4-14-31-22)26-12-10-17-8-9-21(25-33(2,29)30)15-18(17)11-13-26/h3-9,14-16,23-25H,10-13H2,1-2H3. The first-order valence-electron chi connectivity index (χ1n) is 10.5. The van der Waals surface area contributed by atoms with E-state index in [4.69, 9.17) is 4.42 Å². The highest BCUT2D eigenvalue weighted by Crippen LogP contribution is 2.33. The van der Waals surface area contributed by atoms with Crippen LogP contribution in [0.5, 0.6) is 0 Å². The predicted octanol–water partition coefficient (Wildman–Crippen LogP) is 3.21. The number of fused-ring (bicyclic) bond motifs is 1. The molecule has 0 aliphatic carbocycles. The number of hydrogen-bond acceptors (Lipinski definition) is 6. The Bertz CT molecular complexity index is 1340. The molecule has 176 valence electrons. The zero-order chi connectivity index (χ0) is 23.6. The SMILES string of the molecule is CS(=O)(=O)Nc1cccc(C(c2ccco2)N2CCc3ccc(NS(C)(=O)=O)cc3CC2)c1. The van der Waals surface area contributed by atoms with Crippen molar-refractivity contribution >= 4 is 31.4 Å². The number of rotatable bonds is 7. The zero-order valence-electron chi connectivity index (χ0n) is 18.5. The molecule has 0 bridgehead atoms. The molecule has 10 heteroatoms. The molecular formula is C23H27N3O5S2. The maximum absolute atomic E-state index is 11.7. The fraction of sp³-hybridized carbons (Fsp3) is 0.304. The number of hydrogen-bond donors (Lipinski definition) is 2. The van der Waals surface area contributed by atoms with Crippen molar-refractivity contribution in [3.05, 3.63) is 83.3 Å². The minimum atomic E-state index is -3.39. The molecule has 2 aromatic carbocycles. The van der Waals surface area contributed by atoms with Crippen molar-refractivity contribution in [3.63, 3.8) is 0 Å². The van der Waals surface area contributed by atoms with Gasteiger partial charge in [-0.2, -0.15) is 0 Å². The number of nitrogens with one attached hydrogen (secondary N) is 2. The lowest BCUT2D eigenvalue weighted by atomic mass is 10.0. The quantitative estimate of drug-likeness (QED) is 0.528. The average molecular weight is 490 g/mol. The monoisotopic (exact) mass is 489 g/mol. The first kappa shape index (κ1) is 23.3. The summed E-state index contributed by atoms with van der Waals surface area (Å²) in [6.45, 7) is 1.49. The second-order valence-corrected chi connectivity index (χ2v) is 11.8. The molecule has 1 aliphatic rings. The zero-order valence-corrected chi connectivity index (χ0v) is 20.1. The number of furan rings is 1. The molecule has 1 unspecified atom stereocenters. The van der Waals surface area contributed by atoms with E-state index in [1.807, 2.05) is 42.5 Å². The van der Waals surface area contributed by atoms with Crippen molar-refractivity contribution in [1.29, 1.82) is 0 Å². The third-order valence-electron chi connectivity index (χ3n) is 5.53. The fourth-order valence-electron chi connectivity index (χ4n) is 4.27. The molecule has 1 aliphatic heterocycles. The summed E-state index contributed by atoms with van der Waals surface area (Å²) in [6.07, 6.45) is 5.44. The molecule has 0 amide bonds. The van der Waals surface area contributed by atoms with Gasteiger partial charge in [-0.05, 0) is 65.9 Å². The Morgan fingerprint density at radius 1 is 0.818 bits per heavy atom. The minimum Gasteiger partial charge on any atom is -0.467 e. The van der Waals surface area contributed by atoms with E-state index in [1.165, 1.54) is 5.56 Å². The van der Waals surface area contributed by atoms with E-state index < -0.39 is 20.0 Å². The van der Waals surface area contributed by atoms with Crippen LogP contribution in [0.2, 0.25) is 0 Å². The molecule has 4 rings (SSSR count). The van der Waals surface area contributed by atoms with Crippen LogP contribution < -0.4 is 9.44 Å². The van der Waals surface area contributed by atoms with Gasteiger partial charge in [0, 0.05) is 24.5 Å². The third-order valence-corrected chi connectivity index (χ3v) is 6.74. The van der Waals surface area contributed by atoms with Crippen molar-refractivity contribution in [2.45, 2.75) is 18.9 Å². The van der Waals surface area contributed by atoms with Gasteiger partial charge in [0.25, 0.3) is 0 Å². The van der Waals surface area contributed by atoms with Crippen molar-refractivity contribution in [1.82, 2.24) is 4.90 Å². The van der Waals surface area contributed by atoms with Gasteiger partial charge in [0.2, 0.25) is 20.0 Å². The molecule has 0 radical (unpaired) electrons. The van der Waals surface area contributed by atoms with Crippen LogP contribution in [0.3, 0.4) is 0 Å². The van der Waals surface area contributed by atoms with Gasteiger partial charge >= 0.3 is 0 Å². The highest BCUT2D eigenvalue weighted by atomic mass is 32.2. The van der Waals surface area contributed by atoms with Crippen molar-refractivity contribution in [2.75, 3.05) is 35.0 Å². The van der Waals surface area contributed by atoms with Gasteiger partial charge in [-0.15, -0.1) is 0 Å². The van der Waals surface area contributed by atoms with E-state index in [0.29, 0.717) is 11.4 Å². The topological polar surface area (TPSA) is 109 Å². The van der Waals surface area contributed by atoms with E-state index in [-0.39, 0.29) is 6.04 Å². The summed E-state index contributed by atoms with van der Waals surface area (Å²) in [5.41, 5.74) is 4.27. The van der Waals surface area contributed by atoms with Crippen LogP contribution in [-0.4, -0.2) is 47.3 Å². The van der Waals surface area contributed by atoms with Gasteiger partial charge in [0.1, 0.15) is 5.76 Å². The predicted molar refractivity (Wildman–Crippen MR) is 129 cm³/mol. The Morgan fingerprint density at radius 3 is 2.12 bits per heavy atom. The maximum Gasteiger partial charge on any atom is 0.229 e. The lowest BCUT2D eigenvalue weighted by molar-refractivity contribution is 0.212. The largest absolute Gasteiger partial charge is 0.467 e. The Kier molecular flexibility index (Phi) is 6.51. The summed E-state index contributed by atoms with van der Waals surface area (Å²) < 4.78 is 57.5. The summed E-state index contributed by atoms with van der Waals surface area (Å²) in [7, 11) is -6.73. The van der Waals surface area contributed by atoms with Crippen LogP contribution in [0.15, 0.2) is 65.3 Å². The molecular weight excluding hydrogens is 462 g/mol. The van der Waals surface area contributed by atoms with E-state index >= 15 is 0 Å². The highest BCUT2D eigenvalue weighted by Gasteiger charge is 2.27. The molecule has 8 nitrogen and oxygen atoms in total. The fourth-order valence-corrected chi connectivity index (χ4v) is 5.38. The molecule has 0 spiro atoms. The summed E-state index contributed by atoms with van der Waals surface area (Å²) in [5, 5.41) is 0. The van der Waals surface area contributed by atoms with Gasteiger partial charge in [-0.1, -0.05) is 18.2 Å². The third kappa shape index (κ3) is 6.16. The lowest BCUT2D eigenvalue weighted by Gasteiger charge is -2.30. The second-order valence-electron chi connectivity index (χ2n) is 8.31. The van der Waals surface area contributed by atoms with E-state index in [1.54, 1.807) is 18.4 Å². The lowest BCUT2D eigenvalue weighted by Crippen LogP contribution is -2.32. The first-order valence-corrected chi connectivity index (χ1v) is 14.3. The summed E-state index contributed by atoms with van der Waals surface area (Å²) in [4.78, 5) is 2.31. The summed E-state index contributed by atoms with van der Waals surface area (Å²) in [6, 6.07) is 16.6. The van der Waals surface area contributed by atoms with Crippen molar-refractivity contribution in [2.24, 2.45) is 0 Å². The Balaban J connectivity index is 1.62. The normalized spacial score (nSPS) is 15.9. The van der Waals surface area contributed by atoms with Crippen LogP contribution in [0.1, 0.15) is 28.5 Å². The number of nitrogens with zero attached hydrogens (tertiary/aromatic N) is 1. The molecule has 2 N–H and O–H groups in total. The molecule has 33 heavy (non-hydrogen) atoms. The number of benzene rings is 2. The highest BCUT2D eigenvalue weighted by molar-refractivity contribution is 7.92. The minimum absolute atomic E-state index is 0.191. The molecule has 3 aromatic rings. The molecule has 2 heterocycles. The number of sulfonamides is 2. The van der Waals surface area contributed by atoms with Crippen LogP contribution in [0, 0.1) is 0 Å². The smallest absolute Gasteiger partial charge is 0.229 e. The van der Waals surface area contributed by atoms with Gasteiger partial charge in [-0.25, -0.2) is 16.8 Å². The Labute approximate surface area is 194 Å². The van der Waals surface area contributed by atoms with Gasteiger partial charge in [-0.3, -0.25) is 14.3 Å². The summed E-state index contributed by atoms with van der Waals surface area (Å²) in [5.74, 6) is 0.775. The molecule has 0 fully saturated rings. The molecule has 1 aromatic heterocycles. The van der Waals surface area contributed by atoms with E-state index in [2.05, 4.69) is 14.3 Å². The van der Waals surface area contributed by atoms with Crippen LogP contribution in [-0.2, 0) is 32.9 Å². The number of anilines is 2. The molecule has 1 atom stereocenters. The maximum atomic E-state index is 11.7. The van der Waals surface area contributed by atoms with Crippen LogP contribution >= 0.6 is 0 Å². The van der Waals surface area contributed by atoms with Gasteiger partial charge in [0.15, 0.2) is 0 Å². The average Bonchev–Trinajstić information content (AvgIpc) is 3.14. The van der Waals surface area contributed by atoms with Crippen molar-refractivity contribution < 1.29 is 21.3 Å². The Hall–Kier alpha value is -2.82. The summed E-state index contributed by atoms with van der Waals surface area (Å²) >= 11 is 0. The molecule has 0 saturated heterocycles. The van der Waals surface area contributed by atoms with Gasteiger partial charge < -0.3 is 4.42 Å². The van der Waals surface area contributed by atoms with Crippen LogP contribution in [0.4, 0.5) is 11.4 Å². The molecule has 0 saturated carbocycles. The first-order chi connectivity index (χ1) is 15.6. The van der Waals surface area contributed by atoms with Crippen LogP contribution in [0.25, 0.3) is 0 Å². The Morgan fingerprint density at radius 2 is 1.48 bits per heavy atom. The van der Waals surface area contributed by atoms with E-state index in [9.17, 15) is 16.8 Å². The van der Waals surface area contributed by atoms with Gasteiger partial charge in [0.05, 0.1) is 24.8 Å². The van der Waals surface area contributed by atoms with Crippen molar-refractivity contribution in [3.8, 4) is 0 Å². The van der Waals surface area contributed by atoms with E-state index in [0.717, 1.165) is 55.3 Å². The second kappa shape index (κ2) is 9.20.